The molecule has 0 aliphatic carbocycles. The predicted octanol–water partition coefficient (Wildman–Crippen LogP) is -0.628. The number of rotatable bonds is 9. The first-order valence-electron chi connectivity index (χ1n) is 7.94. The van der Waals surface area contributed by atoms with Crippen molar-refractivity contribution in [2.45, 2.75) is 26.2 Å². The maximum Gasteiger partial charge on any atom is 0.265 e. The summed E-state index contributed by atoms with van der Waals surface area (Å²) >= 11 is 0. The normalized spacial score (nSPS) is 17.4. The first-order chi connectivity index (χ1) is 11.4. The number of amides is 1. The number of hydrogen-bond donors (Lipinski definition) is 3. The number of carbonyl (C=O) groups is 1. The maximum absolute atomic E-state index is 11.1. The first-order valence-corrected chi connectivity index (χ1v) is 11.2. The van der Waals surface area contributed by atoms with Gasteiger partial charge in [0.15, 0.2) is 0 Å². The van der Waals surface area contributed by atoms with Crippen molar-refractivity contribution in [1.29, 1.82) is 0 Å². The summed E-state index contributed by atoms with van der Waals surface area (Å²) < 4.78 is 60.7. The molecule has 0 aromatic rings. The third-order valence-electron chi connectivity index (χ3n) is 3.54. The molecule has 1 heterocycles. The second-order valence-corrected chi connectivity index (χ2v) is 8.85. The molecule has 0 saturated carbocycles. The van der Waals surface area contributed by atoms with Crippen molar-refractivity contribution in [2.75, 3.05) is 44.4 Å². The molecule has 1 aliphatic rings. The Morgan fingerprint density at radius 3 is 1.92 bits per heavy atom. The molecular formula is C13H28N2O8S2. The zero-order valence-corrected chi connectivity index (χ0v) is 16.0. The van der Waals surface area contributed by atoms with Gasteiger partial charge < -0.3 is 10.5 Å². The third kappa shape index (κ3) is 15.2. The highest BCUT2D eigenvalue weighted by Crippen LogP contribution is 2.12. The number of morpholine rings is 1. The van der Waals surface area contributed by atoms with Crippen molar-refractivity contribution in [3.8, 4) is 0 Å². The smallest absolute Gasteiger partial charge is 0.265 e. The van der Waals surface area contributed by atoms with Crippen molar-refractivity contribution in [3.63, 3.8) is 0 Å². The van der Waals surface area contributed by atoms with E-state index in [-0.39, 0.29) is 11.8 Å². The Hall–Kier alpha value is -0.790. The molecule has 1 rings (SSSR count). The van der Waals surface area contributed by atoms with E-state index in [0.717, 1.165) is 52.1 Å². The van der Waals surface area contributed by atoms with Crippen LogP contribution in [0.5, 0.6) is 0 Å². The Bertz CT molecular complexity index is 553. The van der Waals surface area contributed by atoms with Crippen LogP contribution in [0.4, 0.5) is 0 Å². The molecule has 0 aromatic heterocycles. The topological polar surface area (TPSA) is 164 Å². The molecule has 1 fully saturated rings. The monoisotopic (exact) mass is 404 g/mol. The minimum Gasteiger partial charge on any atom is -0.379 e. The van der Waals surface area contributed by atoms with Gasteiger partial charge in [-0.15, -0.1) is 0 Å². The lowest BCUT2D eigenvalue weighted by molar-refractivity contribution is -0.122. The van der Waals surface area contributed by atoms with Crippen LogP contribution in [-0.4, -0.2) is 81.1 Å². The standard InChI is InChI=1S/C11H22N2O2.C2H6O6S2/c1-2-3-10(11(12)14)4-5-13-6-8-15-9-7-13;3-9(4,5)1-2-10(6,7)8/h10H,2-9H2,1H3,(H2,12,14);1-2H2,(H,3,4,5)(H,6,7,8). The summed E-state index contributed by atoms with van der Waals surface area (Å²) in [6, 6.07) is 0. The highest BCUT2D eigenvalue weighted by Gasteiger charge is 2.17. The zero-order chi connectivity index (χ0) is 19.5. The number of hydrogen-bond acceptors (Lipinski definition) is 7. The van der Waals surface area contributed by atoms with Crippen LogP contribution in [0.2, 0.25) is 0 Å². The molecule has 12 heteroatoms. The van der Waals surface area contributed by atoms with Crippen LogP contribution in [0.15, 0.2) is 0 Å². The van der Waals surface area contributed by atoms with Crippen LogP contribution < -0.4 is 5.73 Å². The van der Waals surface area contributed by atoms with Crippen molar-refractivity contribution in [1.82, 2.24) is 4.90 Å². The summed E-state index contributed by atoms with van der Waals surface area (Å²) in [5, 5.41) is 0. The second-order valence-electron chi connectivity index (χ2n) is 5.70. The average molecular weight is 405 g/mol. The molecule has 4 N–H and O–H groups in total. The average Bonchev–Trinajstić information content (AvgIpc) is 2.49. The molecule has 1 atom stereocenters. The maximum atomic E-state index is 11.1. The number of ether oxygens (including phenoxy) is 1. The van der Waals surface area contributed by atoms with Gasteiger partial charge >= 0.3 is 0 Å². The second kappa shape index (κ2) is 11.8. The van der Waals surface area contributed by atoms with Gasteiger partial charge in [0.25, 0.3) is 20.2 Å². The van der Waals surface area contributed by atoms with E-state index in [4.69, 9.17) is 19.6 Å². The number of primary amides is 1. The summed E-state index contributed by atoms with van der Waals surface area (Å²) in [6.07, 6.45) is 2.83. The molecule has 0 spiro atoms. The van der Waals surface area contributed by atoms with Crippen molar-refractivity contribution in [2.24, 2.45) is 11.7 Å². The van der Waals surface area contributed by atoms with Crippen molar-refractivity contribution < 1.29 is 35.5 Å². The van der Waals surface area contributed by atoms with E-state index in [0.29, 0.717) is 0 Å². The Labute approximate surface area is 149 Å². The lowest BCUT2D eigenvalue weighted by atomic mass is 9.99. The minimum absolute atomic E-state index is 0.0536. The summed E-state index contributed by atoms with van der Waals surface area (Å²) in [5.41, 5.74) is 5.36. The molecular weight excluding hydrogens is 376 g/mol. The molecule has 1 aliphatic heterocycles. The van der Waals surface area contributed by atoms with Gasteiger partial charge in [-0.2, -0.15) is 16.8 Å². The quantitative estimate of drug-likeness (QED) is 0.424. The lowest BCUT2D eigenvalue weighted by Crippen LogP contribution is -2.38. The number of carbonyl (C=O) groups excluding carboxylic acids is 1. The molecule has 10 nitrogen and oxygen atoms in total. The van der Waals surface area contributed by atoms with Crippen LogP contribution in [0.25, 0.3) is 0 Å². The molecule has 1 amide bonds. The van der Waals surface area contributed by atoms with E-state index < -0.39 is 31.7 Å². The molecule has 1 saturated heterocycles. The van der Waals surface area contributed by atoms with E-state index in [9.17, 15) is 21.6 Å². The van der Waals surface area contributed by atoms with Crippen LogP contribution in [0.3, 0.4) is 0 Å². The first kappa shape index (κ1) is 24.2. The van der Waals surface area contributed by atoms with Gasteiger partial charge in [0.2, 0.25) is 5.91 Å². The Kier molecular flexibility index (Phi) is 11.4. The van der Waals surface area contributed by atoms with Gasteiger partial charge in [0.05, 0.1) is 24.7 Å². The minimum atomic E-state index is -4.30. The molecule has 25 heavy (non-hydrogen) atoms. The Morgan fingerprint density at radius 1 is 1.08 bits per heavy atom. The van der Waals surface area contributed by atoms with Crippen LogP contribution in [-0.2, 0) is 29.8 Å². The SMILES string of the molecule is CCCC(CCN1CCOCC1)C(N)=O.O=S(=O)(O)CCS(=O)(=O)O. The van der Waals surface area contributed by atoms with Crippen LogP contribution in [0.1, 0.15) is 26.2 Å². The Morgan fingerprint density at radius 2 is 1.56 bits per heavy atom. The van der Waals surface area contributed by atoms with Gasteiger partial charge in [-0.3, -0.25) is 18.8 Å². The number of nitrogens with two attached hydrogens (primary N) is 1. The van der Waals surface area contributed by atoms with Crippen LogP contribution >= 0.6 is 0 Å². The molecule has 0 bridgehead atoms. The van der Waals surface area contributed by atoms with Gasteiger partial charge in [0.1, 0.15) is 0 Å². The highest BCUT2D eigenvalue weighted by atomic mass is 32.2. The fourth-order valence-electron chi connectivity index (χ4n) is 2.15. The molecule has 0 aromatic carbocycles. The third-order valence-corrected chi connectivity index (χ3v) is 5.23. The lowest BCUT2D eigenvalue weighted by Gasteiger charge is -2.27. The van der Waals surface area contributed by atoms with Crippen molar-refractivity contribution in [3.05, 3.63) is 0 Å². The van der Waals surface area contributed by atoms with E-state index >= 15 is 0 Å². The van der Waals surface area contributed by atoms with Gasteiger partial charge in [0, 0.05) is 19.0 Å². The largest absolute Gasteiger partial charge is 0.379 e. The summed E-state index contributed by atoms with van der Waals surface area (Å²) in [5.74, 6) is -2.06. The summed E-state index contributed by atoms with van der Waals surface area (Å²) in [6.45, 7) is 6.65. The number of nitrogens with zero attached hydrogens (tertiary/aromatic N) is 1. The van der Waals surface area contributed by atoms with Gasteiger partial charge in [-0.25, -0.2) is 0 Å². The highest BCUT2D eigenvalue weighted by molar-refractivity contribution is 7.89. The fraction of sp³-hybridized carbons (Fsp3) is 0.923. The van der Waals surface area contributed by atoms with E-state index in [1.54, 1.807) is 0 Å². The summed E-state index contributed by atoms with van der Waals surface area (Å²) in [4.78, 5) is 13.5. The molecule has 1 unspecified atom stereocenters. The van der Waals surface area contributed by atoms with Gasteiger partial charge in [-0.05, 0) is 19.4 Å². The zero-order valence-electron chi connectivity index (χ0n) is 14.3. The van der Waals surface area contributed by atoms with E-state index in [2.05, 4.69) is 11.8 Å². The predicted molar refractivity (Wildman–Crippen MR) is 92.3 cm³/mol. The van der Waals surface area contributed by atoms with Crippen molar-refractivity contribution >= 4 is 26.1 Å². The van der Waals surface area contributed by atoms with E-state index in [1.165, 1.54) is 0 Å². The van der Waals surface area contributed by atoms with Crippen LogP contribution in [0, 0.1) is 5.92 Å². The molecule has 0 radical (unpaired) electrons. The molecule has 150 valence electrons. The fourth-order valence-corrected chi connectivity index (χ4v) is 3.84. The van der Waals surface area contributed by atoms with E-state index in [1.807, 2.05) is 0 Å². The Balaban J connectivity index is 0.000000504. The summed E-state index contributed by atoms with van der Waals surface area (Å²) in [7, 11) is -8.59. The van der Waals surface area contributed by atoms with Gasteiger partial charge in [-0.1, -0.05) is 13.3 Å².